The lowest BCUT2D eigenvalue weighted by Gasteiger charge is -2.13. The van der Waals surface area contributed by atoms with Crippen LogP contribution in [0.4, 0.5) is 13.2 Å². The minimum absolute atomic E-state index is 0.132. The minimum atomic E-state index is -4.50. The lowest BCUT2D eigenvalue weighted by molar-refractivity contribution is -0.644. The third-order valence-corrected chi connectivity index (χ3v) is 5.60. The molecule has 32 heavy (non-hydrogen) atoms. The molecule has 0 fully saturated rings. The Morgan fingerprint density at radius 2 is 1.78 bits per heavy atom. The summed E-state index contributed by atoms with van der Waals surface area (Å²) in [5, 5.41) is 19.0. The highest BCUT2D eigenvalue weighted by Crippen LogP contribution is 2.45. The summed E-state index contributed by atoms with van der Waals surface area (Å²) < 4.78 is 41.5. The Labute approximate surface area is 182 Å². The van der Waals surface area contributed by atoms with Gasteiger partial charge in [0, 0.05) is 29.5 Å². The van der Waals surface area contributed by atoms with Gasteiger partial charge in [0.15, 0.2) is 0 Å². The zero-order valence-corrected chi connectivity index (χ0v) is 17.4. The predicted octanol–water partition coefficient (Wildman–Crippen LogP) is 3.82. The molecule has 1 aliphatic rings. The van der Waals surface area contributed by atoms with Crippen molar-refractivity contribution in [2.75, 3.05) is 20.6 Å². The van der Waals surface area contributed by atoms with Crippen LogP contribution in [0.5, 0.6) is 0 Å². The molecule has 5 nitrogen and oxygen atoms in total. The quantitative estimate of drug-likeness (QED) is 0.245. The topological polar surface area (TPSA) is 55.4 Å². The maximum Gasteiger partial charge on any atom is 0.416 e. The van der Waals surface area contributed by atoms with Crippen LogP contribution in [-0.2, 0) is 6.18 Å². The van der Waals surface area contributed by atoms with Gasteiger partial charge in [-0.05, 0) is 53.9 Å². The van der Waals surface area contributed by atoms with Crippen molar-refractivity contribution in [1.82, 2.24) is 9.88 Å². The number of alkyl halides is 3. The second kappa shape index (κ2) is 7.27. The summed E-state index contributed by atoms with van der Waals surface area (Å²) in [7, 11) is 3.71. The van der Waals surface area contributed by atoms with Crippen LogP contribution in [-0.4, -0.2) is 36.4 Å². The fourth-order valence-corrected chi connectivity index (χ4v) is 4.11. The molecule has 162 valence electrons. The fraction of sp³-hybridized carbons (Fsp3) is 0.208. The minimum Gasteiger partial charge on any atom is -0.858 e. The first-order chi connectivity index (χ1) is 15.2. The lowest BCUT2D eigenvalue weighted by atomic mass is 10.0. The Morgan fingerprint density at radius 3 is 2.47 bits per heavy atom. The van der Waals surface area contributed by atoms with Crippen LogP contribution in [0.25, 0.3) is 44.3 Å². The Balaban J connectivity index is 1.83. The largest absolute Gasteiger partial charge is 0.858 e. The van der Waals surface area contributed by atoms with E-state index in [1.165, 1.54) is 10.7 Å². The Bertz CT molecular complexity index is 1410. The molecule has 1 aromatic heterocycles. The molecule has 0 spiro atoms. The van der Waals surface area contributed by atoms with E-state index in [0.29, 0.717) is 23.4 Å². The van der Waals surface area contributed by atoms with Gasteiger partial charge in [0.25, 0.3) is 11.2 Å². The van der Waals surface area contributed by atoms with Crippen molar-refractivity contribution in [3.05, 3.63) is 60.2 Å². The van der Waals surface area contributed by atoms with E-state index >= 15 is 0 Å². The van der Waals surface area contributed by atoms with Crippen molar-refractivity contribution in [2.24, 2.45) is 5.10 Å². The molecule has 0 atom stereocenters. The molecule has 0 saturated carbocycles. The van der Waals surface area contributed by atoms with Crippen LogP contribution in [0.15, 0.2) is 59.7 Å². The monoisotopic (exact) mass is 436 g/mol. The summed E-state index contributed by atoms with van der Waals surface area (Å²) in [6, 6.07) is 14.9. The van der Waals surface area contributed by atoms with Crippen LogP contribution in [0.2, 0.25) is 0 Å². The zero-order chi connectivity index (χ0) is 22.6. The zero-order valence-electron chi connectivity index (χ0n) is 17.4. The van der Waals surface area contributed by atoms with Crippen LogP contribution in [0, 0.1) is 0 Å². The van der Waals surface area contributed by atoms with Crippen molar-refractivity contribution in [3.63, 3.8) is 0 Å². The first-order valence-electron chi connectivity index (χ1n) is 10.1. The highest BCUT2D eigenvalue weighted by Gasteiger charge is 2.36. The average Bonchev–Trinajstić information content (AvgIpc) is 3.07. The van der Waals surface area contributed by atoms with Gasteiger partial charge in [-0.15, -0.1) is 0 Å². The predicted molar refractivity (Wildman–Crippen MR) is 115 cm³/mol. The van der Waals surface area contributed by atoms with Gasteiger partial charge in [-0.3, -0.25) is 0 Å². The number of benzene rings is 3. The van der Waals surface area contributed by atoms with Gasteiger partial charge in [-0.1, -0.05) is 30.3 Å². The number of nitrogens with zero attached hydrogens (tertiary/aromatic N) is 4. The van der Waals surface area contributed by atoms with Crippen LogP contribution < -0.4 is 9.78 Å². The highest BCUT2D eigenvalue weighted by atomic mass is 19.4. The second-order valence-corrected chi connectivity index (χ2v) is 8.08. The Hall–Kier alpha value is -3.52. The van der Waals surface area contributed by atoms with E-state index in [4.69, 9.17) is 0 Å². The molecule has 3 aromatic carbocycles. The van der Waals surface area contributed by atoms with Crippen molar-refractivity contribution in [3.8, 4) is 22.5 Å². The molecule has 5 rings (SSSR count). The van der Waals surface area contributed by atoms with Crippen LogP contribution in [0.3, 0.4) is 0 Å². The molecule has 8 heteroatoms. The molecule has 0 amide bonds. The SMILES string of the molecule is CN(C)CCC([O-])=N[n+]1c2c(nc3cc(C(F)(F)F)ccc31)-c1cccc3cccc-2c13. The number of rotatable bonds is 4. The van der Waals surface area contributed by atoms with E-state index in [9.17, 15) is 18.3 Å². The average molecular weight is 436 g/mol. The van der Waals surface area contributed by atoms with Crippen LogP contribution in [0.1, 0.15) is 12.0 Å². The third kappa shape index (κ3) is 3.27. The van der Waals surface area contributed by atoms with E-state index in [1.54, 1.807) is 0 Å². The summed E-state index contributed by atoms with van der Waals surface area (Å²) in [4.78, 5) is 6.49. The molecule has 0 N–H and O–H groups in total. The van der Waals surface area contributed by atoms with Gasteiger partial charge < -0.3 is 10.0 Å². The number of hydrogen-bond acceptors (Lipinski definition) is 4. The summed E-state index contributed by atoms with van der Waals surface area (Å²) in [6.07, 6.45) is -4.31. The second-order valence-electron chi connectivity index (χ2n) is 8.08. The fourth-order valence-electron chi connectivity index (χ4n) is 4.11. The van der Waals surface area contributed by atoms with Gasteiger partial charge >= 0.3 is 6.18 Å². The molecule has 0 bridgehead atoms. The molecular formula is C24H19F3N4O. The molecule has 1 aliphatic carbocycles. The van der Waals surface area contributed by atoms with Crippen LogP contribution >= 0.6 is 0 Å². The van der Waals surface area contributed by atoms with Crippen molar-refractivity contribution in [2.45, 2.75) is 12.6 Å². The van der Waals surface area contributed by atoms with E-state index in [1.807, 2.05) is 55.4 Å². The van der Waals surface area contributed by atoms with Gasteiger partial charge in [-0.25, -0.2) is 4.98 Å². The van der Waals surface area contributed by atoms with Crippen molar-refractivity contribution < 1.29 is 23.0 Å². The maximum atomic E-state index is 13.4. The van der Waals surface area contributed by atoms with E-state index in [-0.39, 0.29) is 17.8 Å². The van der Waals surface area contributed by atoms with Crippen molar-refractivity contribution in [1.29, 1.82) is 0 Å². The number of hydrogen-bond donors (Lipinski definition) is 0. The normalized spacial score (nSPS) is 13.4. The molecule has 0 unspecified atom stereocenters. The maximum absolute atomic E-state index is 13.4. The summed E-state index contributed by atoms with van der Waals surface area (Å²) in [5.41, 5.74) is 2.49. The molecule has 0 saturated heterocycles. The summed E-state index contributed by atoms with van der Waals surface area (Å²) in [6.45, 7) is 0.516. The summed E-state index contributed by atoms with van der Waals surface area (Å²) >= 11 is 0. The summed E-state index contributed by atoms with van der Waals surface area (Å²) in [5.74, 6) is -0.360. The highest BCUT2D eigenvalue weighted by molar-refractivity contribution is 6.13. The van der Waals surface area contributed by atoms with E-state index in [2.05, 4.69) is 10.1 Å². The molecule has 0 radical (unpaired) electrons. The van der Waals surface area contributed by atoms with Gasteiger partial charge in [0.05, 0.1) is 11.1 Å². The third-order valence-electron chi connectivity index (χ3n) is 5.60. The molecule has 4 aromatic rings. The standard InChI is InChI=1S/C24H19F3N4O/c1-30(2)12-11-20(32)29-31-19-10-9-15(24(25,26)27)13-18(19)28-22-16-7-3-5-14-6-4-8-17(21(14)16)23(22)31/h3-10,13H,11-12H2,1-2H3. The number of aromatic nitrogens is 2. The Kier molecular flexibility index (Phi) is 4.63. The number of fused-ring (bicyclic) bond motifs is 4. The van der Waals surface area contributed by atoms with Gasteiger partial charge in [-0.2, -0.15) is 13.2 Å². The first kappa shape index (κ1) is 20.4. The Morgan fingerprint density at radius 1 is 1.06 bits per heavy atom. The van der Waals surface area contributed by atoms with Gasteiger partial charge in [0.2, 0.25) is 0 Å². The van der Waals surface area contributed by atoms with Crippen molar-refractivity contribution >= 4 is 27.7 Å². The van der Waals surface area contributed by atoms with E-state index < -0.39 is 11.7 Å². The molecular weight excluding hydrogens is 417 g/mol. The lowest BCUT2D eigenvalue weighted by Crippen LogP contribution is -2.38. The number of halogens is 3. The smallest absolute Gasteiger partial charge is 0.416 e. The molecule has 1 heterocycles. The van der Waals surface area contributed by atoms with E-state index in [0.717, 1.165) is 34.0 Å². The van der Waals surface area contributed by atoms with Gasteiger partial charge in [0.1, 0.15) is 11.2 Å². The molecule has 0 aliphatic heterocycles. The first-order valence-corrected chi connectivity index (χ1v) is 10.1.